The number of nitrogens with zero attached hydrogens (tertiary/aromatic N) is 1. The normalized spacial score (nSPS) is 10.1. The van der Waals surface area contributed by atoms with Crippen molar-refractivity contribution in [2.75, 3.05) is 18.4 Å². The Morgan fingerprint density at radius 2 is 1.79 bits per heavy atom. The molecule has 0 heterocycles. The maximum absolute atomic E-state index is 12.2. The number of nitrogens with one attached hydrogen (secondary N) is 1. The number of urea groups is 1. The molecule has 4 nitrogen and oxygen atoms in total. The molecule has 126 valence electrons. The zero-order valence-electron chi connectivity index (χ0n) is 14.3. The first-order valence-electron chi connectivity index (χ1n) is 8.05. The quantitative estimate of drug-likeness (QED) is 0.750. The number of hydrogen-bond donors (Lipinski definition) is 1. The Morgan fingerprint density at radius 1 is 1.12 bits per heavy atom. The van der Waals surface area contributed by atoms with Crippen molar-refractivity contribution in [2.45, 2.75) is 20.5 Å². The van der Waals surface area contributed by atoms with Gasteiger partial charge in [0.2, 0.25) is 0 Å². The van der Waals surface area contributed by atoms with Gasteiger partial charge in [0.25, 0.3) is 0 Å². The maximum atomic E-state index is 12.2. The first-order chi connectivity index (χ1) is 11.6. The number of carbonyl (C=O) groups is 1. The number of ether oxygens (including phenoxy) is 1. The van der Waals surface area contributed by atoms with Gasteiger partial charge < -0.3 is 15.0 Å². The lowest BCUT2D eigenvalue weighted by atomic mass is 10.2. The summed E-state index contributed by atoms with van der Waals surface area (Å²) < 4.78 is 5.74. The molecule has 0 aliphatic heterocycles. The van der Waals surface area contributed by atoms with Crippen molar-refractivity contribution >= 4 is 11.7 Å². The van der Waals surface area contributed by atoms with Gasteiger partial charge in [0.1, 0.15) is 12.4 Å². The Morgan fingerprint density at radius 3 is 2.38 bits per heavy atom. The van der Waals surface area contributed by atoms with Gasteiger partial charge in [-0.1, -0.05) is 42.5 Å². The SMILES string of the molecule is C=C(C)CN(CC)C(=O)Nc1ccc(OCc2ccccc2)cc1. The Bertz CT molecular complexity index is 666. The number of carbonyl (C=O) groups excluding carboxylic acids is 1. The summed E-state index contributed by atoms with van der Waals surface area (Å²) in [6, 6.07) is 17.3. The van der Waals surface area contributed by atoms with Gasteiger partial charge in [-0.15, -0.1) is 0 Å². The van der Waals surface area contributed by atoms with Crippen molar-refractivity contribution in [3.8, 4) is 5.75 Å². The minimum absolute atomic E-state index is 0.126. The van der Waals surface area contributed by atoms with Crippen LogP contribution in [0.15, 0.2) is 66.7 Å². The molecule has 0 spiro atoms. The van der Waals surface area contributed by atoms with Crippen LogP contribution >= 0.6 is 0 Å². The van der Waals surface area contributed by atoms with E-state index in [0.29, 0.717) is 19.7 Å². The second-order valence-electron chi connectivity index (χ2n) is 5.70. The lowest BCUT2D eigenvalue weighted by Crippen LogP contribution is -2.35. The Balaban J connectivity index is 1.89. The van der Waals surface area contributed by atoms with Crippen molar-refractivity contribution in [3.05, 3.63) is 72.3 Å². The average molecular weight is 324 g/mol. The van der Waals surface area contributed by atoms with E-state index in [1.165, 1.54) is 0 Å². The number of amides is 2. The molecule has 2 aromatic rings. The first kappa shape index (κ1) is 17.6. The third-order valence-corrected chi connectivity index (χ3v) is 3.48. The molecular formula is C20H24N2O2. The van der Waals surface area contributed by atoms with E-state index in [0.717, 1.165) is 22.6 Å². The molecule has 0 aromatic heterocycles. The van der Waals surface area contributed by atoms with Crippen LogP contribution in [-0.4, -0.2) is 24.0 Å². The number of likely N-dealkylation sites (N-methyl/N-ethyl adjacent to an activating group) is 1. The van der Waals surface area contributed by atoms with Crippen LogP contribution in [0.3, 0.4) is 0 Å². The van der Waals surface area contributed by atoms with E-state index < -0.39 is 0 Å². The van der Waals surface area contributed by atoms with Gasteiger partial charge in [-0.3, -0.25) is 0 Å². The third kappa shape index (κ3) is 5.47. The molecular weight excluding hydrogens is 300 g/mol. The van der Waals surface area contributed by atoms with Gasteiger partial charge in [0.05, 0.1) is 0 Å². The largest absolute Gasteiger partial charge is 0.489 e. The van der Waals surface area contributed by atoms with Gasteiger partial charge in [0.15, 0.2) is 0 Å². The van der Waals surface area contributed by atoms with Crippen molar-refractivity contribution in [1.29, 1.82) is 0 Å². The molecule has 0 fully saturated rings. The zero-order chi connectivity index (χ0) is 17.4. The molecule has 0 saturated carbocycles. The molecule has 24 heavy (non-hydrogen) atoms. The second kappa shape index (κ2) is 8.77. The predicted molar refractivity (Wildman–Crippen MR) is 98.3 cm³/mol. The van der Waals surface area contributed by atoms with Gasteiger partial charge in [-0.05, 0) is 43.7 Å². The summed E-state index contributed by atoms with van der Waals surface area (Å²) in [5.74, 6) is 0.770. The third-order valence-electron chi connectivity index (χ3n) is 3.48. The molecule has 0 bridgehead atoms. The molecule has 0 atom stereocenters. The predicted octanol–water partition coefficient (Wildman–Crippen LogP) is 4.70. The minimum Gasteiger partial charge on any atom is -0.489 e. The summed E-state index contributed by atoms with van der Waals surface area (Å²) in [7, 11) is 0. The lowest BCUT2D eigenvalue weighted by Gasteiger charge is -2.21. The topological polar surface area (TPSA) is 41.6 Å². The fourth-order valence-corrected chi connectivity index (χ4v) is 2.23. The van der Waals surface area contributed by atoms with Gasteiger partial charge >= 0.3 is 6.03 Å². The first-order valence-corrected chi connectivity index (χ1v) is 8.05. The summed E-state index contributed by atoms with van der Waals surface area (Å²) in [5.41, 5.74) is 2.82. The van der Waals surface area contributed by atoms with Crippen LogP contribution in [-0.2, 0) is 6.61 Å². The van der Waals surface area contributed by atoms with E-state index in [1.807, 2.05) is 68.4 Å². The second-order valence-corrected chi connectivity index (χ2v) is 5.70. The minimum atomic E-state index is -0.126. The van der Waals surface area contributed by atoms with Gasteiger partial charge in [-0.25, -0.2) is 4.79 Å². The Kier molecular flexibility index (Phi) is 6.43. The summed E-state index contributed by atoms with van der Waals surface area (Å²) in [6.07, 6.45) is 0. The van der Waals surface area contributed by atoms with E-state index in [9.17, 15) is 4.79 Å². The summed E-state index contributed by atoms with van der Waals surface area (Å²) >= 11 is 0. The fourth-order valence-electron chi connectivity index (χ4n) is 2.23. The summed E-state index contributed by atoms with van der Waals surface area (Å²) in [6.45, 7) is 9.42. The monoisotopic (exact) mass is 324 g/mol. The molecule has 0 unspecified atom stereocenters. The van der Waals surface area contributed by atoms with E-state index in [-0.39, 0.29) is 6.03 Å². The number of benzene rings is 2. The van der Waals surface area contributed by atoms with E-state index >= 15 is 0 Å². The average Bonchev–Trinajstić information content (AvgIpc) is 2.59. The molecule has 1 N–H and O–H groups in total. The zero-order valence-corrected chi connectivity index (χ0v) is 14.3. The highest BCUT2D eigenvalue weighted by molar-refractivity contribution is 5.89. The molecule has 2 amide bonds. The molecule has 2 rings (SSSR count). The smallest absolute Gasteiger partial charge is 0.322 e. The number of anilines is 1. The Hall–Kier alpha value is -2.75. The Labute approximate surface area is 143 Å². The number of hydrogen-bond acceptors (Lipinski definition) is 2. The van der Waals surface area contributed by atoms with Crippen molar-refractivity contribution < 1.29 is 9.53 Å². The molecule has 0 aliphatic rings. The molecule has 0 saturated heterocycles. The highest BCUT2D eigenvalue weighted by atomic mass is 16.5. The van der Waals surface area contributed by atoms with Crippen LogP contribution in [0.5, 0.6) is 5.75 Å². The molecule has 0 radical (unpaired) electrons. The lowest BCUT2D eigenvalue weighted by molar-refractivity contribution is 0.218. The molecule has 0 aliphatic carbocycles. The van der Waals surface area contributed by atoms with Crippen molar-refractivity contribution in [2.24, 2.45) is 0 Å². The van der Waals surface area contributed by atoms with Crippen molar-refractivity contribution in [1.82, 2.24) is 4.90 Å². The molecule has 4 heteroatoms. The summed E-state index contributed by atoms with van der Waals surface area (Å²) in [5, 5.41) is 2.89. The standard InChI is InChI=1S/C20H24N2O2/c1-4-22(14-16(2)3)20(23)21-18-10-12-19(13-11-18)24-15-17-8-6-5-7-9-17/h5-13H,2,4,14-15H2,1,3H3,(H,21,23). The highest BCUT2D eigenvalue weighted by Gasteiger charge is 2.11. The number of rotatable bonds is 7. The van der Waals surface area contributed by atoms with Crippen molar-refractivity contribution in [3.63, 3.8) is 0 Å². The van der Waals surface area contributed by atoms with Crippen LogP contribution in [0.2, 0.25) is 0 Å². The van der Waals surface area contributed by atoms with Crippen LogP contribution in [0.4, 0.5) is 10.5 Å². The fraction of sp³-hybridized carbons (Fsp3) is 0.250. The van der Waals surface area contributed by atoms with Crippen LogP contribution in [0.1, 0.15) is 19.4 Å². The molecule has 2 aromatic carbocycles. The van der Waals surface area contributed by atoms with Gasteiger partial charge in [0, 0.05) is 18.8 Å². The van der Waals surface area contributed by atoms with Crippen LogP contribution < -0.4 is 10.1 Å². The highest BCUT2D eigenvalue weighted by Crippen LogP contribution is 2.17. The van der Waals surface area contributed by atoms with E-state index in [2.05, 4.69) is 11.9 Å². The van der Waals surface area contributed by atoms with Crippen LogP contribution in [0, 0.1) is 0 Å². The van der Waals surface area contributed by atoms with E-state index in [4.69, 9.17) is 4.74 Å². The van der Waals surface area contributed by atoms with Gasteiger partial charge in [-0.2, -0.15) is 0 Å². The summed E-state index contributed by atoms with van der Waals surface area (Å²) in [4.78, 5) is 13.9. The maximum Gasteiger partial charge on any atom is 0.322 e. The van der Waals surface area contributed by atoms with E-state index in [1.54, 1.807) is 4.90 Å². The van der Waals surface area contributed by atoms with Crippen LogP contribution in [0.25, 0.3) is 0 Å².